The van der Waals surface area contributed by atoms with Crippen molar-refractivity contribution in [2.24, 2.45) is 0 Å². The Morgan fingerprint density at radius 3 is 2.61 bits per heavy atom. The van der Waals surface area contributed by atoms with E-state index in [1.807, 2.05) is 6.92 Å². The molecule has 1 aromatic rings. The molecule has 2 unspecified atom stereocenters. The molecule has 3 heteroatoms. The summed E-state index contributed by atoms with van der Waals surface area (Å²) in [5.74, 6) is 0.403. The van der Waals surface area contributed by atoms with Crippen molar-refractivity contribution in [1.29, 1.82) is 0 Å². The fourth-order valence-corrected chi connectivity index (χ4v) is 1.74. The van der Waals surface area contributed by atoms with Crippen LogP contribution in [0.4, 0.5) is 4.39 Å². The highest BCUT2D eigenvalue weighted by molar-refractivity contribution is 5.36. The summed E-state index contributed by atoms with van der Waals surface area (Å²) in [4.78, 5) is 0. The van der Waals surface area contributed by atoms with E-state index in [1.165, 1.54) is 12.1 Å². The predicted molar refractivity (Wildman–Crippen MR) is 73.5 cm³/mol. The Hall–Kier alpha value is -1.09. The van der Waals surface area contributed by atoms with Gasteiger partial charge in [0.25, 0.3) is 0 Å². The maximum Gasteiger partial charge on any atom is 0.127 e. The number of nitrogens with one attached hydrogen (secondary N) is 1. The quantitative estimate of drug-likeness (QED) is 0.791. The van der Waals surface area contributed by atoms with E-state index in [2.05, 4.69) is 26.1 Å². The van der Waals surface area contributed by atoms with Crippen molar-refractivity contribution >= 4 is 0 Å². The molecule has 0 heterocycles. The standard InChI is InChI=1S/C15H24FNO/c1-5-9-17-12(4)14-8-7-13(16)10-15(14)18-11(3)6-2/h7-8,10-12,17H,5-6,9H2,1-4H3. The second-order valence-electron chi connectivity index (χ2n) is 4.69. The number of halogens is 1. The minimum atomic E-state index is -0.250. The Morgan fingerprint density at radius 1 is 1.28 bits per heavy atom. The van der Waals surface area contributed by atoms with E-state index < -0.39 is 0 Å². The lowest BCUT2D eigenvalue weighted by Gasteiger charge is -2.20. The maximum atomic E-state index is 13.3. The average Bonchev–Trinajstić information content (AvgIpc) is 2.36. The second kappa shape index (κ2) is 7.37. The first kappa shape index (κ1) is 15.0. The predicted octanol–water partition coefficient (Wildman–Crippen LogP) is 4.06. The van der Waals surface area contributed by atoms with Gasteiger partial charge in [0.2, 0.25) is 0 Å². The van der Waals surface area contributed by atoms with Crippen LogP contribution in [-0.4, -0.2) is 12.6 Å². The zero-order valence-electron chi connectivity index (χ0n) is 11.8. The molecule has 1 rings (SSSR count). The van der Waals surface area contributed by atoms with Gasteiger partial charge in [0.1, 0.15) is 11.6 Å². The molecule has 2 atom stereocenters. The lowest BCUT2D eigenvalue weighted by molar-refractivity contribution is 0.213. The lowest BCUT2D eigenvalue weighted by atomic mass is 10.1. The molecule has 0 aliphatic heterocycles. The first-order valence-corrected chi connectivity index (χ1v) is 6.77. The van der Waals surface area contributed by atoms with Crippen molar-refractivity contribution in [3.63, 3.8) is 0 Å². The molecular formula is C15H24FNO. The SMILES string of the molecule is CCCNC(C)c1ccc(F)cc1OC(C)CC. The van der Waals surface area contributed by atoms with Crippen molar-refractivity contribution in [2.75, 3.05) is 6.54 Å². The van der Waals surface area contributed by atoms with Gasteiger partial charge in [0, 0.05) is 17.7 Å². The van der Waals surface area contributed by atoms with Crippen molar-refractivity contribution in [1.82, 2.24) is 5.32 Å². The van der Waals surface area contributed by atoms with Crippen LogP contribution in [0, 0.1) is 5.82 Å². The van der Waals surface area contributed by atoms with Gasteiger partial charge < -0.3 is 10.1 Å². The van der Waals surface area contributed by atoms with Gasteiger partial charge in [-0.25, -0.2) is 4.39 Å². The Morgan fingerprint density at radius 2 is 2.00 bits per heavy atom. The molecule has 1 N–H and O–H groups in total. The lowest BCUT2D eigenvalue weighted by Crippen LogP contribution is -2.21. The molecule has 18 heavy (non-hydrogen) atoms. The summed E-state index contributed by atoms with van der Waals surface area (Å²) in [7, 11) is 0. The summed E-state index contributed by atoms with van der Waals surface area (Å²) in [6, 6.07) is 4.94. The molecule has 0 saturated carbocycles. The summed E-state index contributed by atoms with van der Waals surface area (Å²) in [5, 5.41) is 3.40. The average molecular weight is 253 g/mol. The third-order valence-electron chi connectivity index (χ3n) is 3.05. The molecule has 0 fully saturated rings. The van der Waals surface area contributed by atoms with Crippen LogP contribution in [0.25, 0.3) is 0 Å². The molecule has 0 aliphatic rings. The van der Waals surface area contributed by atoms with E-state index >= 15 is 0 Å². The van der Waals surface area contributed by atoms with E-state index in [1.54, 1.807) is 6.07 Å². The summed E-state index contributed by atoms with van der Waals surface area (Å²) in [6.07, 6.45) is 2.09. The number of benzene rings is 1. The molecule has 2 nitrogen and oxygen atoms in total. The fourth-order valence-electron chi connectivity index (χ4n) is 1.74. The zero-order valence-corrected chi connectivity index (χ0v) is 11.8. The minimum absolute atomic E-state index is 0.101. The summed E-state index contributed by atoms with van der Waals surface area (Å²) < 4.78 is 19.1. The van der Waals surface area contributed by atoms with Gasteiger partial charge in [-0.1, -0.05) is 19.9 Å². The van der Waals surface area contributed by atoms with Crippen LogP contribution in [-0.2, 0) is 0 Å². The molecule has 0 aliphatic carbocycles. The normalized spacial score (nSPS) is 14.3. The Kier molecular flexibility index (Phi) is 6.13. The van der Waals surface area contributed by atoms with E-state index in [9.17, 15) is 4.39 Å². The molecule has 102 valence electrons. The number of ether oxygens (including phenoxy) is 1. The van der Waals surface area contributed by atoms with E-state index in [4.69, 9.17) is 4.74 Å². The van der Waals surface area contributed by atoms with Crippen LogP contribution in [0.5, 0.6) is 5.75 Å². The van der Waals surface area contributed by atoms with Gasteiger partial charge in [-0.2, -0.15) is 0 Å². The summed E-state index contributed by atoms with van der Waals surface area (Å²) in [6.45, 7) is 9.20. The molecule has 0 radical (unpaired) electrons. The number of hydrogen-bond donors (Lipinski definition) is 1. The largest absolute Gasteiger partial charge is 0.490 e. The first-order chi connectivity index (χ1) is 8.58. The van der Waals surface area contributed by atoms with Gasteiger partial charge in [-0.3, -0.25) is 0 Å². The third-order valence-corrected chi connectivity index (χ3v) is 3.05. The van der Waals surface area contributed by atoms with Crippen LogP contribution in [0.1, 0.15) is 52.1 Å². The van der Waals surface area contributed by atoms with Gasteiger partial charge in [-0.15, -0.1) is 0 Å². The summed E-state index contributed by atoms with van der Waals surface area (Å²) in [5.41, 5.74) is 1.02. The third kappa shape index (κ3) is 4.30. The molecule has 0 amide bonds. The van der Waals surface area contributed by atoms with Crippen molar-refractivity contribution < 1.29 is 9.13 Å². The first-order valence-electron chi connectivity index (χ1n) is 6.77. The van der Waals surface area contributed by atoms with E-state index in [0.717, 1.165) is 24.9 Å². The number of rotatable bonds is 7. The van der Waals surface area contributed by atoms with Crippen LogP contribution in [0.15, 0.2) is 18.2 Å². The topological polar surface area (TPSA) is 21.3 Å². The van der Waals surface area contributed by atoms with Crippen LogP contribution in [0.2, 0.25) is 0 Å². The highest BCUT2D eigenvalue weighted by Crippen LogP contribution is 2.27. The van der Waals surface area contributed by atoms with Gasteiger partial charge in [0.15, 0.2) is 0 Å². The smallest absolute Gasteiger partial charge is 0.127 e. The van der Waals surface area contributed by atoms with Crippen LogP contribution < -0.4 is 10.1 Å². The molecule has 0 bridgehead atoms. The van der Waals surface area contributed by atoms with E-state index in [-0.39, 0.29) is 18.0 Å². The van der Waals surface area contributed by atoms with Gasteiger partial charge in [0.05, 0.1) is 6.10 Å². The monoisotopic (exact) mass is 253 g/mol. The molecular weight excluding hydrogens is 229 g/mol. The Balaban J connectivity index is 2.88. The molecule has 0 aromatic heterocycles. The van der Waals surface area contributed by atoms with Crippen molar-refractivity contribution in [3.8, 4) is 5.75 Å². The Labute approximate surface area is 110 Å². The summed E-state index contributed by atoms with van der Waals surface area (Å²) >= 11 is 0. The van der Waals surface area contributed by atoms with Gasteiger partial charge in [-0.05, 0) is 39.3 Å². The van der Waals surface area contributed by atoms with Crippen molar-refractivity contribution in [3.05, 3.63) is 29.6 Å². The molecule has 1 aromatic carbocycles. The van der Waals surface area contributed by atoms with Gasteiger partial charge >= 0.3 is 0 Å². The van der Waals surface area contributed by atoms with Crippen molar-refractivity contribution in [2.45, 2.75) is 52.7 Å². The molecule has 0 spiro atoms. The molecule has 0 saturated heterocycles. The minimum Gasteiger partial charge on any atom is -0.490 e. The van der Waals surface area contributed by atoms with Crippen LogP contribution >= 0.6 is 0 Å². The maximum absolute atomic E-state index is 13.3. The fraction of sp³-hybridized carbons (Fsp3) is 0.600. The van der Waals surface area contributed by atoms with Crippen LogP contribution in [0.3, 0.4) is 0 Å². The second-order valence-corrected chi connectivity index (χ2v) is 4.69. The highest BCUT2D eigenvalue weighted by atomic mass is 19.1. The zero-order chi connectivity index (χ0) is 13.5. The number of hydrogen-bond acceptors (Lipinski definition) is 2. The highest BCUT2D eigenvalue weighted by Gasteiger charge is 2.13. The van der Waals surface area contributed by atoms with E-state index in [0.29, 0.717) is 5.75 Å². The Bertz CT molecular complexity index is 368.